The highest BCUT2D eigenvalue weighted by atomic mass is 16.5. The normalized spacial score (nSPS) is 19.7. The molecule has 2 amide bonds. The molecule has 0 spiro atoms. The van der Waals surface area contributed by atoms with E-state index in [1.807, 2.05) is 61.6 Å². The second kappa shape index (κ2) is 13.8. The predicted molar refractivity (Wildman–Crippen MR) is 186 cm³/mol. The van der Waals surface area contributed by atoms with Crippen LogP contribution in [0, 0.1) is 10.8 Å². The van der Waals surface area contributed by atoms with Gasteiger partial charge in [-0.05, 0) is 80.2 Å². The summed E-state index contributed by atoms with van der Waals surface area (Å²) in [6, 6.07) is 20.3. The van der Waals surface area contributed by atoms with Crippen LogP contribution < -0.4 is 20.9 Å². The van der Waals surface area contributed by atoms with Gasteiger partial charge in [0.25, 0.3) is 0 Å². The molecule has 2 aromatic carbocycles. The Bertz CT molecular complexity index is 1840. The summed E-state index contributed by atoms with van der Waals surface area (Å²) >= 11 is 0. The smallest absolute Gasteiger partial charge is 0.320 e. The van der Waals surface area contributed by atoms with Gasteiger partial charge in [-0.15, -0.1) is 0 Å². The van der Waals surface area contributed by atoms with E-state index >= 15 is 0 Å². The first-order chi connectivity index (χ1) is 23.0. The maximum atomic E-state index is 13.5. The van der Waals surface area contributed by atoms with Gasteiger partial charge < -0.3 is 15.2 Å². The summed E-state index contributed by atoms with van der Waals surface area (Å²) in [5.74, 6) is 1.55. The molecule has 0 unspecified atom stereocenters. The van der Waals surface area contributed by atoms with Crippen LogP contribution in [0.3, 0.4) is 0 Å². The van der Waals surface area contributed by atoms with Crippen LogP contribution in [0.4, 0.5) is 10.6 Å². The topological polar surface area (TPSA) is 144 Å². The number of pyridine rings is 1. The third-order valence-corrected chi connectivity index (χ3v) is 9.37. The Balaban J connectivity index is 1.18. The molecule has 1 fully saturated rings. The van der Waals surface area contributed by atoms with Crippen molar-refractivity contribution in [1.29, 1.82) is 10.8 Å². The van der Waals surface area contributed by atoms with Crippen LogP contribution in [0.5, 0.6) is 5.75 Å². The largest absolute Gasteiger partial charge is 0.484 e. The van der Waals surface area contributed by atoms with E-state index in [1.54, 1.807) is 27.6 Å². The summed E-state index contributed by atoms with van der Waals surface area (Å²) in [6.45, 7) is 7.14. The van der Waals surface area contributed by atoms with Crippen molar-refractivity contribution in [2.24, 2.45) is 0 Å². The molecule has 11 heteroatoms. The number of aliphatic hydroxyl groups is 1. The standard InChI is InChI=1S/C37H46N8O3/c1-37(2,3)32-21-34(45(42-32)25-14-12-24(23-46)13-15-25)41-36(47)40-29-17-18-31(28-10-6-5-9-27(28)29)48-26-16-19-33(38)44(22-26)35(39)30-11-7-8-20-43(30)4/h5-6,9-10,12-16,19,21-22,29-31,38-39,46H,7-8,11,17-18,20,23H2,1-4H3,(H2,40,41,47)/t29-,30-,31+/m0/s1. The van der Waals surface area contributed by atoms with E-state index in [0.29, 0.717) is 30.2 Å². The molecule has 1 aliphatic heterocycles. The molecule has 3 heterocycles. The molecular weight excluding hydrogens is 604 g/mol. The van der Waals surface area contributed by atoms with Crippen molar-refractivity contribution in [1.82, 2.24) is 24.6 Å². The van der Waals surface area contributed by atoms with Crippen molar-refractivity contribution in [3.8, 4) is 11.4 Å². The molecule has 0 saturated carbocycles. The Kier molecular flexibility index (Phi) is 9.52. The lowest BCUT2D eigenvalue weighted by Gasteiger charge is -2.34. The van der Waals surface area contributed by atoms with Crippen LogP contribution in [0.25, 0.3) is 5.69 Å². The Morgan fingerprint density at radius 3 is 2.48 bits per heavy atom. The number of benzene rings is 2. The van der Waals surface area contributed by atoms with Crippen LogP contribution in [0.15, 0.2) is 72.9 Å². The summed E-state index contributed by atoms with van der Waals surface area (Å²) < 4.78 is 9.89. The van der Waals surface area contributed by atoms with Gasteiger partial charge in [-0.1, -0.05) is 63.6 Å². The van der Waals surface area contributed by atoms with Gasteiger partial charge in [0.1, 0.15) is 29.0 Å². The molecule has 5 N–H and O–H groups in total. The summed E-state index contributed by atoms with van der Waals surface area (Å²) in [4.78, 5) is 15.7. The average molecular weight is 651 g/mol. The van der Waals surface area contributed by atoms with Gasteiger partial charge in [0.15, 0.2) is 0 Å². The fourth-order valence-corrected chi connectivity index (χ4v) is 6.61. The lowest BCUT2D eigenvalue weighted by Crippen LogP contribution is -2.46. The molecule has 48 heavy (non-hydrogen) atoms. The van der Waals surface area contributed by atoms with E-state index in [2.05, 4.69) is 36.3 Å². The summed E-state index contributed by atoms with van der Waals surface area (Å²) in [6.07, 6.45) is 5.98. The Labute approximate surface area is 281 Å². The van der Waals surface area contributed by atoms with Crippen LogP contribution in [0.1, 0.15) is 87.4 Å². The van der Waals surface area contributed by atoms with Crippen molar-refractivity contribution in [3.63, 3.8) is 0 Å². The molecular formula is C37H46N8O3. The number of rotatable bonds is 7. The second-order valence-corrected chi connectivity index (χ2v) is 13.9. The quantitative estimate of drug-likeness (QED) is 0.123. The number of anilines is 1. The van der Waals surface area contributed by atoms with E-state index < -0.39 is 0 Å². The van der Waals surface area contributed by atoms with Crippen molar-refractivity contribution in [2.45, 2.75) is 83.1 Å². The van der Waals surface area contributed by atoms with E-state index in [4.69, 9.17) is 20.7 Å². The molecule has 2 aliphatic rings. The van der Waals surface area contributed by atoms with E-state index in [1.165, 1.54) is 0 Å². The SMILES string of the molecule is CN1CCCC[C@H]1C(=N)n1cc(O[C@@H]2CC[C@H](NC(=O)Nc3cc(C(C)(C)C)nn3-c3ccc(CO)cc3)c3ccccc32)ccc1=N. The number of aliphatic hydroxyl groups excluding tert-OH is 1. The number of ether oxygens (including phenoxy) is 1. The fraction of sp³-hybridized carbons (Fsp3) is 0.405. The summed E-state index contributed by atoms with van der Waals surface area (Å²) in [5, 5.41) is 37.9. The zero-order valence-corrected chi connectivity index (χ0v) is 28.2. The number of nitrogens with one attached hydrogen (secondary N) is 4. The minimum atomic E-state index is -0.332. The molecule has 4 aromatic rings. The highest BCUT2D eigenvalue weighted by molar-refractivity contribution is 5.89. The van der Waals surface area contributed by atoms with Crippen molar-refractivity contribution < 1.29 is 14.6 Å². The third kappa shape index (κ3) is 7.07. The van der Waals surface area contributed by atoms with Gasteiger partial charge in [-0.25, -0.2) is 9.48 Å². The molecule has 11 nitrogen and oxygen atoms in total. The van der Waals surface area contributed by atoms with Crippen molar-refractivity contribution in [2.75, 3.05) is 18.9 Å². The van der Waals surface area contributed by atoms with Crippen LogP contribution in [-0.2, 0) is 12.0 Å². The summed E-state index contributed by atoms with van der Waals surface area (Å²) in [5.41, 5.74) is 4.44. The number of likely N-dealkylation sites (tertiary alicyclic amines) is 1. The van der Waals surface area contributed by atoms with Crippen LogP contribution >= 0.6 is 0 Å². The number of hydrogen-bond acceptors (Lipinski definition) is 7. The Morgan fingerprint density at radius 1 is 1.02 bits per heavy atom. The highest BCUT2D eigenvalue weighted by Crippen LogP contribution is 2.39. The number of likely N-dealkylation sites (N-methyl/N-ethyl adjacent to an activating group) is 1. The average Bonchev–Trinajstić information content (AvgIpc) is 3.51. The number of nitrogens with zero attached hydrogens (tertiary/aromatic N) is 4. The van der Waals surface area contributed by atoms with Crippen molar-refractivity contribution >= 4 is 17.7 Å². The van der Waals surface area contributed by atoms with Crippen LogP contribution in [0.2, 0.25) is 0 Å². The van der Waals surface area contributed by atoms with E-state index in [-0.39, 0.29) is 41.7 Å². The minimum Gasteiger partial charge on any atom is -0.484 e. The molecule has 252 valence electrons. The minimum absolute atomic E-state index is 0.0259. The maximum absolute atomic E-state index is 13.5. The number of urea groups is 1. The molecule has 2 aromatic heterocycles. The number of hydrogen-bond donors (Lipinski definition) is 5. The van der Waals surface area contributed by atoms with Crippen molar-refractivity contribution in [3.05, 3.63) is 101 Å². The molecule has 1 aliphatic carbocycles. The maximum Gasteiger partial charge on any atom is 0.320 e. The van der Waals surface area contributed by atoms with E-state index in [9.17, 15) is 9.90 Å². The van der Waals surface area contributed by atoms with Gasteiger partial charge in [0.05, 0.1) is 36.3 Å². The first-order valence-corrected chi connectivity index (χ1v) is 16.7. The van der Waals surface area contributed by atoms with Gasteiger partial charge >= 0.3 is 6.03 Å². The third-order valence-electron chi connectivity index (χ3n) is 9.37. The predicted octanol–water partition coefficient (Wildman–Crippen LogP) is 6.03. The first-order valence-electron chi connectivity index (χ1n) is 16.7. The highest BCUT2D eigenvalue weighted by Gasteiger charge is 2.31. The number of fused-ring (bicyclic) bond motifs is 1. The van der Waals surface area contributed by atoms with Gasteiger partial charge in [-0.2, -0.15) is 5.10 Å². The van der Waals surface area contributed by atoms with Gasteiger partial charge in [0.2, 0.25) is 0 Å². The molecule has 6 rings (SSSR count). The molecule has 0 radical (unpaired) electrons. The Hall–Kier alpha value is -4.74. The lowest BCUT2D eigenvalue weighted by atomic mass is 9.85. The first kappa shape index (κ1) is 33.2. The van der Waals surface area contributed by atoms with Gasteiger partial charge in [0, 0.05) is 11.5 Å². The number of carbonyl (C=O) groups is 1. The van der Waals surface area contributed by atoms with Crippen LogP contribution in [-0.4, -0.2) is 55.9 Å². The van der Waals surface area contributed by atoms with Gasteiger partial charge in [-0.3, -0.25) is 25.6 Å². The monoisotopic (exact) mass is 650 g/mol. The molecule has 0 bridgehead atoms. The number of aromatic nitrogens is 3. The fourth-order valence-electron chi connectivity index (χ4n) is 6.61. The number of carbonyl (C=O) groups excluding carboxylic acids is 1. The zero-order chi connectivity index (χ0) is 34.0. The Morgan fingerprint density at radius 2 is 1.77 bits per heavy atom. The molecule has 1 saturated heterocycles. The lowest BCUT2D eigenvalue weighted by molar-refractivity contribution is 0.171. The van der Waals surface area contributed by atoms with E-state index in [0.717, 1.165) is 53.9 Å². The number of amides is 2. The zero-order valence-electron chi connectivity index (χ0n) is 28.2. The number of piperidine rings is 1. The summed E-state index contributed by atoms with van der Waals surface area (Å²) in [7, 11) is 2.04. The molecule has 3 atom stereocenters. The second-order valence-electron chi connectivity index (χ2n) is 13.9.